The molecular weight excluding hydrogens is 332 g/mol. The third kappa shape index (κ3) is 3.89. The number of carbonyl (C=O) groups excluding carboxylic acids is 1. The molecule has 0 saturated heterocycles. The molecule has 3 rings (SSSR count). The predicted octanol–water partition coefficient (Wildman–Crippen LogP) is 3.49. The number of carbonyl (C=O) groups is 1. The summed E-state index contributed by atoms with van der Waals surface area (Å²) in [7, 11) is 3.14. The van der Waals surface area contributed by atoms with Crippen molar-refractivity contribution in [1.82, 2.24) is 9.97 Å². The number of methoxy groups -OCH3 is 2. The Bertz CT molecular complexity index is 915. The molecule has 0 aliphatic heterocycles. The summed E-state index contributed by atoms with van der Waals surface area (Å²) >= 11 is 0. The fourth-order valence-electron chi connectivity index (χ4n) is 2.37. The molecule has 0 unspecified atom stereocenters. The zero-order valence-corrected chi connectivity index (χ0v) is 14.4. The van der Waals surface area contributed by atoms with Crippen molar-refractivity contribution in [3.8, 4) is 11.5 Å². The van der Waals surface area contributed by atoms with E-state index in [0.717, 1.165) is 5.69 Å². The van der Waals surface area contributed by atoms with Crippen LogP contribution in [-0.4, -0.2) is 30.1 Å². The van der Waals surface area contributed by atoms with E-state index in [-0.39, 0.29) is 11.6 Å². The summed E-state index contributed by atoms with van der Waals surface area (Å²) < 4.78 is 10.5. The van der Waals surface area contributed by atoms with Crippen LogP contribution in [0.2, 0.25) is 0 Å². The number of hydrogen-bond donors (Lipinski definition) is 2. The van der Waals surface area contributed by atoms with Crippen LogP contribution in [0, 0.1) is 0 Å². The van der Waals surface area contributed by atoms with Crippen molar-refractivity contribution in [1.29, 1.82) is 0 Å². The van der Waals surface area contributed by atoms with E-state index in [1.165, 1.54) is 6.33 Å². The summed E-state index contributed by atoms with van der Waals surface area (Å²) in [5, 5.41) is 5.91. The average molecular weight is 350 g/mol. The largest absolute Gasteiger partial charge is 0.495 e. The van der Waals surface area contributed by atoms with E-state index in [4.69, 9.17) is 9.47 Å². The number of anilines is 3. The molecule has 1 aromatic heterocycles. The van der Waals surface area contributed by atoms with Gasteiger partial charge in [0.2, 0.25) is 0 Å². The van der Waals surface area contributed by atoms with Crippen molar-refractivity contribution < 1.29 is 14.3 Å². The molecule has 0 saturated carbocycles. The Morgan fingerprint density at radius 3 is 2.19 bits per heavy atom. The highest BCUT2D eigenvalue weighted by Gasteiger charge is 2.12. The number of ether oxygens (including phenoxy) is 2. The zero-order chi connectivity index (χ0) is 18.4. The van der Waals surface area contributed by atoms with Gasteiger partial charge >= 0.3 is 0 Å². The summed E-state index contributed by atoms with van der Waals surface area (Å²) in [6.45, 7) is 0. The Labute approximate surface area is 151 Å². The Kier molecular flexibility index (Phi) is 5.28. The maximum atomic E-state index is 12.5. The molecule has 0 radical (unpaired) electrons. The third-order valence-corrected chi connectivity index (χ3v) is 3.62. The van der Waals surface area contributed by atoms with Crippen LogP contribution in [0.1, 0.15) is 10.5 Å². The number of benzene rings is 2. The van der Waals surface area contributed by atoms with Gasteiger partial charge in [0.25, 0.3) is 5.91 Å². The number of amides is 1. The Morgan fingerprint density at radius 2 is 1.50 bits per heavy atom. The molecule has 2 aromatic carbocycles. The van der Waals surface area contributed by atoms with Gasteiger partial charge in [-0.1, -0.05) is 24.3 Å². The minimum atomic E-state index is -0.361. The molecule has 0 spiro atoms. The van der Waals surface area contributed by atoms with Crippen molar-refractivity contribution >= 4 is 23.1 Å². The Balaban J connectivity index is 1.79. The van der Waals surface area contributed by atoms with Crippen LogP contribution in [0.4, 0.5) is 17.2 Å². The van der Waals surface area contributed by atoms with Gasteiger partial charge in [-0.25, -0.2) is 9.97 Å². The molecule has 0 bridgehead atoms. The standard InChI is InChI=1S/C19H18N4O3/c1-25-16-9-5-3-7-13(16)22-18-11-15(20-12-21-18)19(24)23-14-8-4-6-10-17(14)26-2/h3-12H,1-2H3,(H,23,24)(H,20,21,22). The number of para-hydroxylation sites is 4. The lowest BCUT2D eigenvalue weighted by molar-refractivity contribution is 0.102. The average Bonchev–Trinajstić information content (AvgIpc) is 2.69. The van der Waals surface area contributed by atoms with E-state index in [0.29, 0.717) is 23.0 Å². The molecule has 1 amide bonds. The van der Waals surface area contributed by atoms with Gasteiger partial charge in [0, 0.05) is 6.07 Å². The van der Waals surface area contributed by atoms with Crippen molar-refractivity contribution in [2.45, 2.75) is 0 Å². The van der Waals surface area contributed by atoms with Gasteiger partial charge in [-0.2, -0.15) is 0 Å². The SMILES string of the molecule is COc1ccccc1NC(=O)c1cc(Nc2ccccc2OC)ncn1. The monoisotopic (exact) mass is 350 g/mol. The lowest BCUT2D eigenvalue weighted by atomic mass is 10.2. The highest BCUT2D eigenvalue weighted by molar-refractivity contribution is 6.04. The summed E-state index contributed by atoms with van der Waals surface area (Å²) in [6, 6.07) is 16.2. The first-order valence-electron chi connectivity index (χ1n) is 7.87. The second kappa shape index (κ2) is 7.98. The van der Waals surface area contributed by atoms with Gasteiger partial charge in [0.05, 0.1) is 25.6 Å². The molecule has 132 valence electrons. The predicted molar refractivity (Wildman–Crippen MR) is 99.3 cm³/mol. The molecule has 0 atom stereocenters. The molecule has 1 heterocycles. The maximum absolute atomic E-state index is 12.5. The summed E-state index contributed by atoms with van der Waals surface area (Å²) in [4.78, 5) is 20.7. The van der Waals surface area contributed by atoms with Gasteiger partial charge in [0.15, 0.2) is 0 Å². The highest BCUT2D eigenvalue weighted by atomic mass is 16.5. The first-order chi connectivity index (χ1) is 12.7. The van der Waals surface area contributed by atoms with E-state index < -0.39 is 0 Å². The van der Waals surface area contributed by atoms with Crippen LogP contribution in [0.3, 0.4) is 0 Å². The van der Waals surface area contributed by atoms with E-state index in [1.807, 2.05) is 36.4 Å². The fraction of sp³-hybridized carbons (Fsp3) is 0.105. The van der Waals surface area contributed by atoms with Crippen LogP contribution in [0.25, 0.3) is 0 Å². The molecule has 2 N–H and O–H groups in total. The molecule has 0 aliphatic rings. The van der Waals surface area contributed by atoms with Gasteiger partial charge < -0.3 is 20.1 Å². The van der Waals surface area contributed by atoms with E-state index in [2.05, 4.69) is 20.6 Å². The van der Waals surface area contributed by atoms with Crippen LogP contribution in [-0.2, 0) is 0 Å². The molecule has 0 fully saturated rings. The van der Waals surface area contributed by atoms with Gasteiger partial charge in [-0.3, -0.25) is 4.79 Å². The quantitative estimate of drug-likeness (QED) is 0.708. The minimum Gasteiger partial charge on any atom is -0.495 e. The van der Waals surface area contributed by atoms with Gasteiger partial charge in [-0.05, 0) is 24.3 Å². The lowest BCUT2D eigenvalue weighted by Gasteiger charge is -2.11. The Hall–Kier alpha value is -3.61. The van der Waals surface area contributed by atoms with Crippen molar-refractivity contribution in [2.75, 3.05) is 24.9 Å². The second-order valence-corrected chi connectivity index (χ2v) is 5.27. The first-order valence-corrected chi connectivity index (χ1v) is 7.87. The highest BCUT2D eigenvalue weighted by Crippen LogP contribution is 2.27. The zero-order valence-electron chi connectivity index (χ0n) is 14.4. The number of aromatic nitrogens is 2. The number of rotatable bonds is 6. The summed E-state index contributed by atoms with van der Waals surface area (Å²) in [5.74, 6) is 1.36. The summed E-state index contributed by atoms with van der Waals surface area (Å²) in [5.41, 5.74) is 1.53. The van der Waals surface area contributed by atoms with E-state index >= 15 is 0 Å². The molecular formula is C19H18N4O3. The first kappa shape index (κ1) is 17.2. The van der Waals surface area contributed by atoms with Gasteiger partial charge in [-0.15, -0.1) is 0 Å². The van der Waals surface area contributed by atoms with Crippen LogP contribution < -0.4 is 20.1 Å². The van der Waals surface area contributed by atoms with Crippen LogP contribution >= 0.6 is 0 Å². The lowest BCUT2D eigenvalue weighted by Crippen LogP contribution is -2.15. The van der Waals surface area contributed by atoms with Crippen molar-refractivity contribution in [2.24, 2.45) is 0 Å². The van der Waals surface area contributed by atoms with Crippen molar-refractivity contribution in [3.05, 3.63) is 66.6 Å². The second-order valence-electron chi connectivity index (χ2n) is 5.27. The molecule has 7 heteroatoms. The van der Waals surface area contributed by atoms with E-state index in [1.54, 1.807) is 32.4 Å². The summed E-state index contributed by atoms with van der Waals surface area (Å²) in [6.07, 6.45) is 1.33. The molecule has 0 aliphatic carbocycles. The topological polar surface area (TPSA) is 85.4 Å². The normalized spacial score (nSPS) is 10.1. The molecule has 7 nitrogen and oxygen atoms in total. The number of hydrogen-bond acceptors (Lipinski definition) is 6. The van der Waals surface area contributed by atoms with Crippen LogP contribution in [0.5, 0.6) is 11.5 Å². The molecule has 26 heavy (non-hydrogen) atoms. The number of nitrogens with one attached hydrogen (secondary N) is 2. The third-order valence-electron chi connectivity index (χ3n) is 3.62. The smallest absolute Gasteiger partial charge is 0.274 e. The molecule has 3 aromatic rings. The number of nitrogens with zero attached hydrogens (tertiary/aromatic N) is 2. The van der Waals surface area contributed by atoms with E-state index in [9.17, 15) is 4.79 Å². The van der Waals surface area contributed by atoms with Gasteiger partial charge in [0.1, 0.15) is 29.3 Å². The fourth-order valence-corrected chi connectivity index (χ4v) is 2.37. The Morgan fingerprint density at radius 1 is 0.885 bits per heavy atom. The maximum Gasteiger partial charge on any atom is 0.274 e. The van der Waals surface area contributed by atoms with Crippen molar-refractivity contribution in [3.63, 3.8) is 0 Å². The van der Waals surface area contributed by atoms with Crippen LogP contribution in [0.15, 0.2) is 60.9 Å². The minimum absolute atomic E-state index is 0.225.